The summed E-state index contributed by atoms with van der Waals surface area (Å²) in [5.41, 5.74) is 6.56. The molecule has 0 aliphatic heterocycles. The lowest BCUT2D eigenvalue weighted by Crippen LogP contribution is -2.46. The van der Waals surface area contributed by atoms with Crippen LogP contribution in [-0.2, 0) is 11.3 Å². The normalized spacial score (nSPS) is 21.0. The van der Waals surface area contributed by atoms with Crippen molar-refractivity contribution in [3.8, 4) is 5.75 Å². The largest absolute Gasteiger partial charge is 0.496 e. The summed E-state index contributed by atoms with van der Waals surface area (Å²) < 4.78 is 11.0. The summed E-state index contributed by atoms with van der Waals surface area (Å²) >= 11 is 0. The zero-order valence-corrected chi connectivity index (χ0v) is 14.2. The van der Waals surface area contributed by atoms with Gasteiger partial charge in [-0.15, -0.1) is 0 Å². The third kappa shape index (κ3) is 5.13. The van der Waals surface area contributed by atoms with Gasteiger partial charge < -0.3 is 20.1 Å². The second-order valence-corrected chi connectivity index (χ2v) is 6.31. The van der Waals surface area contributed by atoms with E-state index < -0.39 is 0 Å². The quantitative estimate of drug-likeness (QED) is 0.785. The average Bonchev–Trinajstić information content (AvgIpc) is 2.56. The third-order valence-electron chi connectivity index (χ3n) is 4.64. The summed E-state index contributed by atoms with van der Waals surface area (Å²) in [5.74, 6) is 1.57. The van der Waals surface area contributed by atoms with Crippen LogP contribution in [0.15, 0.2) is 24.3 Å². The molecule has 0 aromatic heterocycles. The van der Waals surface area contributed by atoms with Crippen LogP contribution in [0.5, 0.6) is 5.75 Å². The van der Waals surface area contributed by atoms with E-state index in [1.807, 2.05) is 24.3 Å². The second kappa shape index (κ2) is 8.77. The van der Waals surface area contributed by atoms with E-state index in [0.717, 1.165) is 42.9 Å². The van der Waals surface area contributed by atoms with E-state index in [4.69, 9.17) is 15.2 Å². The number of hydrogen-bond acceptors (Lipinski definition) is 3. The van der Waals surface area contributed by atoms with Gasteiger partial charge in [0, 0.05) is 18.2 Å². The van der Waals surface area contributed by atoms with Crippen LogP contribution in [0.3, 0.4) is 0 Å². The molecule has 0 bridgehead atoms. The first-order valence-corrected chi connectivity index (χ1v) is 8.37. The maximum absolute atomic E-state index is 11.7. The molecular formula is C18H28N2O3. The molecule has 2 amide bonds. The lowest BCUT2D eigenvalue weighted by molar-refractivity contribution is 0.0792. The molecule has 5 nitrogen and oxygen atoms in total. The minimum absolute atomic E-state index is 0.263. The Morgan fingerprint density at radius 2 is 1.96 bits per heavy atom. The topological polar surface area (TPSA) is 64.8 Å². The Labute approximate surface area is 138 Å². The number of amides is 2. The SMILES string of the molecule is COc1ccccc1COCCN(C(N)=O)C1CCC(C)CC1. The van der Waals surface area contributed by atoms with Gasteiger partial charge in [-0.05, 0) is 37.7 Å². The summed E-state index contributed by atoms with van der Waals surface area (Å²) in [6, 6.07) is 7.70. The fraction of sp³-hybridized carbons (Fsp3) is 0.611. The summed E-state index contributed by atoms with van der Waals surface area (Å²) in [6.45, 7) is 3.76. The van der Waals surface area contributed by atoms with Crippen LogP contribution in [-0.4, -0.2) is 37.2 Å². The minimum Gasteiger partial charge on any atom is -0.496 e. The maximum atomic E-state index is 11.7. The molecule has 0 radical (unpaired) electrons. The molecule has 0 unspecified atom stereocenters. The van der Waals surface area contributed by atoms with Gasteiger partial charge >= 0.3 is 6.03 Å². The number of nitrogens with two attached hydrogens (primary N) is 1. The Morgan fingerprint density at radius 1 is 1.26 bits per heavy atom. The molecule has 2 N–H and O–H groups in total. The van der Waals surface area contributed by atoms with Crippen molar-refractivity contribution in [1.82, 2.24) is 4.90 Å². The van der Waals surface area contributed by atoms with Crippen molar-refractivity contribution in [2.45, 2.75) is 45.3 Å². The van der Waals surface area contributed by atoms with E-state index in [0.29, 0.717) is 19.8 Å². The summed E-state index contributed by atoms with van der Waals surface area (Å²) in [7, 11) is 1.65. The van der Waals surface area contributed by atoms with Crippen LogP contribution in [0.4, 0.5) is 4.79 Å². The molecule has 1 aromatic carbocycles. The number of hydrogen-bond donors (Lipinski definition) is 1. The van der Waals surface area contributed by atoms with Gasteiger partial charge in [0.2, 0.25) is 0 Å². The zero-order chi connectivity index (χ0) is 16.7. The Kier molecular flexibility index (Phi) is 6.71. The molecular weight excluding hydrogens is 292 g/mol. The molecule has 0 heterocycles. The highest BCUT2D eigenvalue weighted by Gasteiger charge is 2.25. The zero-order valence-electron chi connectivity index (χ0n) is 14.2. The lowest BCUT2D eigenvalue weighted by atomic mass is 9.86. The first-order valence-electron chi connectivity index (χ1n) is 8.37. The number of carbonyl (C=O) groups excluding carboxylic acids is 1. The fourth-order valence-corrected chi connectivity index (χ4v) is 3.19. The predicted octanol–water partition coefficient (Wildman–Crippen LogP) is 3.17. The first kappa shape index (κ1) is 17.6. The Morgan fingerprint density at radius 3 is 2.61 bits per heavy atom. The van der Waals surface area contributed by atoms with Gasteiger partial charge in [0.05, 0.1) is 20.3 Å². The first-order chi connectivity index (χ1) is 11.1. The van der Waals surface area contributed by atoms with E-state index in [1.54, 1.807) is 12.0 Å². The highest BCUT2D eigenvalue weighted by molar-refractivity contribution is 5.72. The van der Waals surface area contributed by atoms with E-state index in [9.17, 15) is 4.79 Å². The standard InChI is InChI=1S/C18H28N2O3/c1-14-7-9-16(10-8-14)20(18(19)21)11-12-23-13-15-5-3-4-6-17(15)22-2/h3-6,14,16H,7-13H2,1-2H3,(H2,19,21). The average molecular weight is 320 g/mol. The number of para-hydroxylation sites is 1. The number of benzene rings is 1. The van der Waals surface area contributed by atoms with Gasteiger partial charge in [-0.25, -0.2) is 4.79 Å². The van der Waals surface area contributed by atoms with Crippen LogP contribution in [0.25, 0.3) is 0 Å². The smallest absolute Gasteiger partial charge is 0.315 e. The Balaban J connectivity index is 1.79. The molecule has 5 heteroatoms. The highest BCUT2D eigenvalue weighted by atomic mass is 16.5. The number of urea groups is 1. The number of ether oxygens (including phenoxy) is 2. The van der Waals surface area contributed by atoms with Crippen LogP contribution in [0, 0.1) is 5.92 Å². The molecule has 0 atom stereocenters. The van der Waals surface area contributed by atoms with Gasteiger partial charge in [0.25, 0.3) is 0 Å². The molecule has 1 aliphatic carbocycles. The van der Waals surface area contributed by atoms with Crippen LogP contribution in [0.2, 0.25) is 0 Å². The number of methoxy groups -OCH3 is 1. The van der Waals surface area contributed by atoms with Crippen molar-refractivity contribution < 1.29 is 14.3 Å². The van der Waals surface area contributed by atoms with Crippen molar-refractivity contribution in [2.24, 2.45) is 11.7 Å². The Bertz CT molecular complexity index is 499. The summed E-state index contributed by atoms with van der Waals surface area (Å²) in [4.78, 5) is 13.5. The van der Waals surface area contributed by atoms with Gasteiger partial charge in [-0.1, -0.05) is 25.1 Å². The summed E-state index contributed by atoms with van der Waals surface area (Å²) in [5, 5.41) is 0. The number of nitrogens with zero attached hydrogens (tertiary/aromatic N) is 1. The highest BCUT2D eigenvalue weighted by Crippen LogP contribution is 2.27. The molecule has 0 spiro atoms. The van der Waals surface area contributed by atoms with Crippen molar-refractivity contribution in [3.63, 3.8) is 0 Å². The van der Waals surface area contributed by atoms with Gasteiger partial charge in [0.1, 0.15) is 5.75 Å². The molecule has 128 valence electrons. The van der Waals surface area contributed by atoms with E-state index in [2.05, 4.69) is 6.92 Å². The van der Waals surface area contributed by atoms with Crippen molar-refractivity contribution >= 4 is 6.03 Å². The summed E-state index contributed by atoms with van der Waals surface area (Å²) in [6.07, 6.45) is 4.40. The van der Waals surface area contributed by atoms with Gasteiger partial charge in [-0.3, -0.25) is 0 Å². The van der Waals surface area contributed by atoms with E-state index in [1.165, 1.54) is 0 Å². The van der Waals surface area contributed by atoms with Crippen molar-refractivity contribution in [3.05, 3.63) is 29.8 Å². The van der Waals surface area contributed by atoms with Crippen LogP contribution < -0.4 is 10.5 Å². The lowest BCUT2D eigenvalue weighted by Gasteiger charge is -2.35. The molecule has 23 heavy (non-hydrogen) atoms. The van der Waals surface area contributed by atoms with Crippen molar-refractivity contribution in [1.29, 1.82) is 0 Å². The maximum Gasteiger partial charge on any atom is 0.315 e. The number of carbonyl (C=O) groups is 1. The molecule has 1 aromatic rings. The second-order valence-electron chi connectivity index (χ2n) is 6.31. The van der Waals surface area contributed by atoms with E-state index >= 15 is 0 Å². The third-order valence-corrected chi connectivity index (χ3v) is 4.64. The fourth-order valence-electron chi connectivity index (χ4n) is 3.19. The number of primary amides is 1. The number of rotatable bonds is 7. The van der Waals surface area contributed by atoms with Crippen LogP contribution in [0.1, 0.15) is 38.2 Å². The molecule has 2 rings (SSSR count). The predicted molar refractivity (Wildman–Crippen MR) is 90.4 cm³/mol. The van der Waals surface area contributed by atoms with Crippen LogP contribution >= 0.6 is 0 Å². The molecule has 1 saturated carbocycles. The minimum atomic E-state index is -0.342. The van der Waals surface area contributed by atoms with Gasteiger partial charge in [0.15, 0.2) is 0 Å². The molecule has 0 saturated heterocycles. The monoisotopic (exact) mass is 320 g/mol. The molecule has 1 fully saturated rings. The van der Waals surface area contributed by atoms with E-state index in [-0.39, 0.29) is 12.1 Å². The Hall–Kier alpha value is -1.75. The molecule has 1 aliphatic rings. The van der Waals surface area contributed by atoms with Crippen molar-refractivity contribution in [2.75, 3.05) is 20.3 Å². The van der Waals surface area contributed by atoms with Gasteiger partial charge in [-0.2, -0.15) is 0 Å².